The van der Waals surface area contributed by atoms with E-state index in [1.165, 1.54) is 12.1 Å². The fourth-order valence-corrected chi connectivity index (χ4v) is 9.10. The van der Waals surface area contributed by atoms with E-state index in [0.29, 0.717) is 69.2 Å². The molecule has 3 aliphatic carbocycles. The number of nitrogens with two attached hydrogens (primary N) is 3. The van der Waals surface area contributed by atoms with Gasteiger partial charge in [0.05, 0.1) is 23.9 Å². The summed E-state index contributed by atoms with van der Waals surface area (Å²) < 4.78 is 63.9. The standard InChI is InChI=1S/C42H68F3N3O3/c1-3-5-8-18-51-41-32-13-14-33(41)27-39(50-20-10-17-48)28-35(23-32)34-24-36(26-37(25-34)42(43,44)45)40-29-38(49-19-9-16-47)22-30(12-6-7-15-46)21-31(40)11-4-2/h3,24-26,29-33,35,38-39,41H,1,4-23,27-28,46-48H2,2H3. The molecule has 4 rings (SSSR count). The maximum Gasteiger partial charge on any atom is 0.416 e. The van der Waals surface area contributed by atoms with Crippen molar-refractivity contribution in [1.82, 2.24) is 0 Å². The van der Waals surface area contributed by atoms with E-state index in [9.17, 15) is 13.2 Å². The van der Waals surface area contributed by atoms with Gasteiger partial charge in [0.1, 0.15) is 0 Å². The van der Waals surface area contributed by atoms with Crippen molar-refractivity contribution in [3.8, 4) is 0 Å². The van der Waals surface area contributed by atoms with Gasteiger partial charge in [-0.05, 0) is 162 Å². The Morgan fingerprint density at radius 1 is 0.784 bits per heavy atom. The van der Waals surface area contributed by atoms with Gasteiger partial charge in [0.2, 0.25) is 0 Å². The van der Waals surface area contributed by atoms with Crippen molar-refractivity contribution in [2.75, 3.05) is 39.5 Å². The van der Waals surface area contributed by atoms with Gasteiger partial charge in [0.15, 0.2) is 0 Å². The Labute approximate surface area is 306 Å². The third kappa shape index (κ3) is 13.0. The Hall–Kier alpha value is -1.75. The van der Waals surface area contributed by atoms with Crippen LogP contribution in [0, 0.1) is 23.7 Å². The molecule has 3 aliphatic rings. The van der Waals surface area contributed by atoms with Crippen LogP contribution >= 0.6 is 0 Å². The lowest BCUT2D eigenvalue weighted by Gasteiger charge is -2.35. The first-order chi connectivity index (χ1) is 24.7. The first-order valence-electron chi connectivity index (χ1n) is 20.2. The average Bonchev–Trinajstić information content (AvgIpc) is 3.42. The van der Waals surface area contributed by atoms with Crippen molar-refractivity contribution in [2.45, 2.75) is 140 Å². The zero-order chi connectivity index (χ0) is 36.6. The largest absolute Gasteiger partial charge is 0.416 e. The van der Waals surface area contributed by atoms with Crippen molar-refractivity contribution < 1.29 is 27.4 Å². The van der Waals surface area contributed by atoms with Crippen LogP contribution in [-0.2, 0) is 20.4 Å². The minimum Gasteiger partial charge on any atom is -0.378 e. The number of fused-ring (bicyclic) bond motifs is 2. The third-order valence-electron chi connectivity index (χ3n) is 11.6. The van der Waals surface area contributed by atoms with Gasteiger partial charge in [-0.3, -0.25) is 0 Å². The summed E-state index contributed by atoms with van der Waals surface area (Å²) in [6, 6.07) is 4.92. The Kier molecular flexibility index (Phi) is 18.0. The molecular formula is C42H68F3N3O3. The number of hydrogen-bond acceptors (Lipinski definition) is 6. The van der Waals surface area contributed by atoms with E-state index in [1.54, 1.807) is 0 Å². The van der Waals surface area contributed by atoms with Crippen LogP contribution in [-0.4, -0.2) is 57.8 Å². The Bertz CT molecular complexity index is 1190. The van der Waals surface area contributed by atoms with E-state index in [1.807, 2.05) is 6.08 Å². The minimum absolute atomic E-state index is 0.0533. The smallest absolute Gasteiger partial charge is 0.378 e. The molecule has 8 atom stereocenters. The molecule has 290 valence electrons. The first kappa shape index (κ1) is 42.0. The minimum atomic E-state index is -4.47. The van der Waals surface area contributed by atoms with Crippen LogP contribution in [0.4, 0.5) is 13.2 Å². The number of benzene rings is 1. The molecule has 0 spiro atoms. The molecule has 0 amide bonds. The van der Waals surface area contributed by atoms with Gasteiger partial charge >= 0.3 is 6.18 Å². The van der Waals surface area contributed by atoms with Crippen LogP contribution in [0.3, 0.4) is 0 Å². The Morgan fingerprint density at radius 2 is 1.49 bits per heavy atom. The summed E-state index contributed by atoms with van der Waals surface area (Å²) in [6.45, 7) is 9.55. The molecule has 2 saturated carbocycles. The van der Waals surface area contributed by atoms with Crippen molar-refractivity contribution in [3.05, 3.63) is 53.6 Å². The van der Waals surface area contributed by atoms with Crippen LogP contribution in [0.25, 0.3) is 5.57 Å². The highest BCUT2D eigenvalue weighted by atomic mass is 19.4. The lowest BCUT2D eigenvalue weighted by atomic mass is 9.76. The summed E-state index contributed by atoms with van der Waals surface area (Å²) in [4.78, 5) is 0. The zero-order valence-electron chi connectivity index (χ0n) is 31.4. The Balaban J connectivity index is 1.74. The van der Waals surface area contributed by atoms with Gasteiger partial charge in [-0.15, -0.1) is 6.58 Å². The summed E-state index contributed by atoms with van der Waals surface area (Å²) in [5, 5.41) is 0. The second-order valence-electron chi connectivity index (χ2n) is 15.5. The van der Waals surface area contributed by atoms with Gasteiger partial charge in [-0.2, -0.15) is 13.2 Å². The number of alkyl halides is 3. The summed E-state index contributed by atoms with van der Waals surface area (Å²) in [5.74, 6) is 1.22. The summed E-state index contributed by atoms with van der Waals surface area (Å²) >= 11 is 0. The van der Waals surface area contributed by atoms with Gasteiger partial charge in [-0.1, -0.05) is 44.4 Å². The highest BCUT2D eigenvalue weighted by Gasteiger charge is 2.43. The van der Waals surface area contributed by atoms with E-state index in [4.69, 9.17) is 31.4 Å². The monoisotopic (exact) mass is 720 g/mol. The summed E-state index contributed by atoms with van der Waals surface area (Å²) in [5.41, 5.74) is 19.3. The predicted octanol–water partition coefficient (Wildman–Crippen LogP) is 9.16. The van der Waals surface area contributed by atoms with Crippen LogP contribution in [0.2, 0.25) is 0 Å². The lowest BCUT2D eigenvalue weighted by molar-refractivity contribution is -0.137. The van der Waals surface area contributed by atoms with E-state index >= 15 is 0 Å². The van der Waals surface area contributed by atoms with Crippen molar-refractivity contribution in [2.24, 2.45) is 40.9 Å². The van der Waals surface area contributed by atoms with Gasteiger partial charge < -0.3 is 31.4 Å². The van der Waals surface area contributed by atoms with E-state index in [2.05, 4.69) is 25.6 Å². The molecule has 1 aromatic rings. The molecule has 0 radical (unpaired) electrons. The van der Waals surface area contributed by atoms with Gasteiger partial charge in [0, 0.05) is 19.8 Å². The van der Waals surface area contributed by atoms with Gasteiger partial charge in [-0.25, -0.2) is 0 Å². The van der Waals surface area contributed by atoms with Crippen molar-refractivity contribution in [1.29, 1.82) is 0 Å². The molecule has 51 heavy (non-hydrogen) atoms. The number of unbranched alkanes of at least 4 members (excludes halogenated alkanes) is 2. The van der Waals surface area contributed by atoms with Gasteiger partial charge in [0.25, 0.3) is 0 Å². The molecule has 0 aliphatic heterocycles. The molecule has 6 nitrogen and oxygen atoms in total. The fraction of sp³-hybridized carbons (Fsp3) is 0.762. The summed E-state index contributed by atoms with van der Waals surface area (Å²) in [7, 11) is 0. The SMILES string of the molecule is C=CCCCOC1C2CCC1CC(c1cc(C3=CC(OCCCN)CC(CCCCN)CC3CCC)cc(C(F)(F)F)c1)CC(OCCCN)C2. The molecular weight excluding hydrogens is 651 g/mol. The zero-order valence-corrected chi connectivity index (χ0v) is 31.4. The normalized spacial score (nSPS) is 28.6. The van der Waals surface area contributed by atoms with Crippen molar-refractivity contribution >= 4 is 5.57 Å². The maximum absolute atomic E-state index is 14.8. The number of hydrogen-bond donors (Lipinski definition) is 3. The molecule has 1 aromatic carbocycles. The number of allylic oxidation sites excluding steroid dienone is 2. The number of halogens is 3. The lowest BCUT2D eigenvalue weighted by Crippen LogP contribution is -2.34. The number of ether oxygens (including phenoxy) is 3. The first-order valence-corrected chi connectivity index (χ1v) is 20.2. The van der Waals surface area contributed by atoms with Crippen LogP contribution in [0.15, 0.2) is 36.9 Å². The van der Waals surface area contributed by atoms with Crippen LogP contribution in [0.1, 0.15) is 132 Å². The summed E-state index contributed by atoms with van der Waals surface area (Å²) in [6.07, 6.45) is 14.1. The molecule has 8 unspecified atom stereocenters. The molecule has 9 heteroatoms. The fourth-order valence-electron chi connectivity index (χ4n) is 9.10. The Morgan fingerprint density at radius 3 is 2.18 bits per heavy atom. The molecule has 0 aromatic heterocycles. The van der Waals surface area contributed by atoms with E-state index < -0.39 is 11.7 Å². The molecule has 2 bridgehead atoms. The maximum atomic E-state index is 14.8. The van der Waals surface area contributed by atoms with E-state index in [-0.39, 0.29) is 30.1 Å². The second kappa shape index (κ2) is 21.8. The number of rotatable bonds is 21. The average molecular weight is 720 g/mol. The molecule has 2 fully saturated rings. The van der Waals surface area contributed by atoms with Crippen molar-refractivity contribution in [3.63, 3.8) is 0 Å². The quantitative estimate of drug-likeness (QED) is 0.0865. The molecule has 6 N–H and O–H groups in total. The topological polar surface area (TPSA) is 106 Å². The highest BCUT2D eigenvalue weighted by molar-refractivity contribution is 5.70. The van der Waals surface area contributed by atoms with E-state index in [0.717, 1.165) is 107 Å². The third-order valence-corrected chi connectivity index (χ3v) is 11.6. The van der Waals surface area contributed by atoms with Crippen LogP contribution < -0.4 is 17.2 Å². The second-order valence-corrected chi connectivity index (χ2v) is 15.5. The highest BCUT2D eigenvalue weighted by Crippen LogP contribution is 2.48. The molecule has 0 heterocycles. The molecule has 0 saturated heterocycles. The predicted molar refractivity (Wildman–Crippen MR) is 202 cm³/mol. The van der Waals surface area contributed by atoms with Crippen LogP contribution in [0.5, 0.6) is 0 Å².